The van der Waals surface area contributed by atoms with Crippen molar-refractivity contribution in [2.75, 3.05) is 19.8 Å². The first-order valence-corrected chi connectivity index (χ1v) is 3.29. The Bertz CT molecular complexity index is 89.1. The molecule has 0 unspecified atom stereocenters. The van der Waals surface area contributed by atoms with E-state index < -0.39 is 0 Å². The molecule has 0 saturated carbocycles. The second-order valence-corrected chi connectivity index (χ2v) is 2.46. The van der Waals surface area contributed by atoms with Crippen LogP contribution in [0.15, 0.2) is 0 Å². The van der Waals surface area contributed by atoms with Gasteiger partial charge in [-0.25, -0.2) is 0 Å². The van der Waals surface area contributed by atoms with Gasteiger partial charge in [0, 0.05) is 19.0 Å². The van der Waals surface area contributed by atoms with Gasteiger partial charge < -0.3 is 10.4 Å². The van der Waals surface area contributed by atoms with Gasteiger partial charge in [-0.1, -0.05) is 0 Å². The summed E-state index contributed by atoms with van der Waals surface area (Å²) in [4.78, 5) is 0. The molecule has 2 atom stereocenters. The maximum Gasteiger partial charge on any atom is 0.0898 e. The predicted octanol–water partition coefficient (Wildman–Crippen LogP) is -0.0737. The highest BCUT2D eigenvalue weighted by molar-refractivity contribution is 4.79. The van der Waals surface area contributed by atoms with Gasteiger partial charge in [0.15, 0.2) is 0 Å². The van der Waals surface area contributed by atoms with E-state index >= 15 is 0 Å². The van der Waals surface area contributed by atoms with E-state index in [2.05, 4.69) is 5.32 Å². The second kappa shape index (κ2) is 3.13. The van der Waals surface area contributed by atoms with E-state index in [1.807, 2.05) is 0 Å². The third-order valence-corrected chi connectivity index (χ3v) is 1.78. The Labute approximate surface area is 54.1 Å². The van der Waals surface area contributed by atoms with Gasteiger partial charge in [-0.3, -0.25) is 4.39 Å². The van der Waals surface area contributed by atoms with Gasteiger partial charge in [0.1, 0.15) is 0 Å². The molecule has 0 amide bonds. The fourth-order valence-electron chi connectivity index (χ4n) is 1.15. The first-order chi connectivity index (χ1) is 4.34. The van der Waals surface area contributed by atoms with Crippen LogP contribution in [0.25, 0.3) is 0 Å². The van der Waals surface area contributed by atoms with Crippen LogP contribution in [0.5, 0.6) is 0 Å². The zero-order valence-corrected chi connectivity index (χ0v) is 5.31. The van der Waals surface area contributed by atoms with Crippen LogP contribution in [-0.2, 0) is 0 Å². The second-order valence-electron chi connectivity index (χ2n) is 2.46. The van der Waals surface area contributed by atoms with Crippen molar-refractivity contribution < 1.29 is 9.50 Å². The standard InChI is InChI=1S/C6H12FNO/c7-2-1-5-3-8-4-6(5)9/h5-6,8-9H,1-4H2/t5-,6-/m1/s1. The summed E-state index contributed by atoms with van der Waals surface area (Å²) in [6.45, 7) is 1.08. The maximum absolute atomic E-state index is 11.7. The van der Waals surface area contributed by atoms with Crippen LogP contribution < -0.4 is 5.32 Å². The minimum absolute atomic E-state index is 0.148. The highest BCUT2D eigenvalue weighted by Crippen LogP contribution is 2.12. The van der Waals surface area contributed by atoms with E-state index in [0.717, 1.165) is 6.54 Å². The molecule has 0 aromatic rings. The molecule has 0 radical (unpaired) electrons. The molecule has 0 bridgehead atoms. The van der Waals surface area contributed by atoms with Crippen LogP contribution in [0.2, 0.25) is 0 Å². The number of hydrogen-bond acceptors (Lipinski definition) is 2. The lowest BCUT2D eigenvalue weighted by molar-refractivity contribution is 0.138. The highest BCUT2D eigenvalue weighted by atomic mass is 19.1. The van der Waals surface area contributed by atoms with Crippen LogP contribution in [0, 0.1) is 5.92 Å². The number of alkyl halides is 1. The van der Waals surface area contributed by atoms with Crippen molar-refractivity contribution in [3.05, 3.63) is 0 Å². The summed E-state index contributed by atoms with van der Waals surface area (Å²) in [5, 5.41) is 12.1. The fraction of sp³-hybridized carbons (Fsp3) is 1.00. The van der Waals surface area contributed by atoms with Crippen molar-refractivity contribution in [3.63, 3.8) is 0 Å². The molecule has 1 rings (SSSR count). The summed E-state index contributed by atoms with van der Waals surface area (Å²) in [6, 6.07) is 0. The molecule has 3 heteroatoms. The summed E-state index contributed by atoms with van der Waals surface area (Å²) in [5.41, 5.74) is 0. The largest absolute Gasteiger partial charge is 0.391 e. The van der Waals surface area contributed by atoms with Crippen LogP contribution in [0.4, 0.5) is 4.39 Å². The molecule has 1 heterocycles. The SMILES string of the molecule is O[C@@H]1CNC[C@H]1CCF. The molecule has 1 saturated heterocycles. The lowest BCUT2D eigenvalue weighted by Crippen LogP contribution is -2.18. The number of nitrogens with one attached hydrogen (secondary N) is 1. The third kappa shape index (κ3) is 1.63. The molecule has 1 fully saturated rings. The molecule has 2 nitrogen and oxygen atoms in total. The van der Waals surface area contributed by atoms with E-state index in [4.69, 9.17) is 5.11 Å². The summed E-state index contributed by atoms with van der Waals surface area (Å²) in [7, 11) is 0. The predicted molar refractivity (Wildman–Crippen MR) is 33.0 cm³/mol. The van der Waals surface area contributed by atoms with Gasteiger partial charge in [-0.15, -0.1) is 0 Å². The van der Waals surface area contributed by atoms with Crippen molar-refractivity contribution in [1.82, 2.24) is 5.32 Å². The molecule has 0 aliphatic carbocycles. The van der Waals surface area contributed by atoms with Crippen LogP contribution >= 0.6 is 0 Å². The Balaban J connectivity index is 2.22. The lowest BCUT2D eigenvalue weighted by atomic mass is 10.0. The summed E-state index contributed by atoms with van der Waals surface area (Å²) < 4.78 is 11.7. The average Bonchev–Trinajstić information content (AvgIpc) is 2.18. The highest BCUT2D eigenvalue weighted by Gasteiger charge is 2.23. The van der Waals surface area contributed by atoms with E-state index in [1.165, 1.54) is 0 Å². The van der Waals surface area contributed by atoms with Crippen LogP contribution in [0.3, 0.4) is 0 Å². The molecule has 1 aliphatic heterocycles. The molecular formula is C6H12FNO. The van der Waals surface area contributed by atoms with Gasteiger partial charge >= 0.3 is 0 Å². The molecule has 2 N–H and O–H groups in total. The number of halogens is 1. The lowest BCUT2D eigenvalue weighted by Gasteiger charge is -2.08. The first kappa shape index (κ1) is 6.96. The average molecular weight is 133 g/mol. The van der Waals surface area contributed by atoms with E-state index in [-0.39, 0.29) is 18.7 Å². The Morgan fingerprint density at radius 1 is 1.56 bits per heavy atom. The monoisotopic (exact) mass is 133 g/mol. The quantitative estimate of drug-likeness (QED) is 0.552. The Morgan fingerprint density at radius 2 is 2.33 bits per heavy atom. The number of hydrogen-bond donors (Lipinski definition) is 2. The Kier molecular flexibility index (Phi) is 2.42. The van der Waals surface area contributed by atoms with Crippen molar-refractivity contribution in [1.29, 1.82) is 0 Å². The van der Waals surface area contributed by atoms with Crippen LogP contribution in [0.1, 0.15) is 6.42 Å². The zero-order valence-electron chi connectivity index (χ0n) is 5.31. The Morgan fingerprint density at radius 3 is 2.78 bits per heavy atom. The molecule has 1 aliphatic rings. The third-order valence-electron chi connectivity index (χ3n) is 1.78. The zero-order chi connectivity index (χ0) is 6.69. The van der Waals surface area contributed by atoms with Crippen LogP contribution in [-0.4, -0.2) is 31.0 Å². The summed E-state index contributed by atoms with van der Waals surface area (Å²) >= 11 is 0. The van der Waals surface area contributed by atoms with Crippen molar-refractivity contribution >= 4 is 0 Å². The van der Waals surface area contributed by atoms with E-state index in [1.54, 1.807) is 0 Å². The molecule has 54 valence electrons. The number of aliphatic hydroxyl groups is 1. The molecule has 0 aromatic carbocycles. The normalized spacial score (nSPS) is 35.3. The van der Waals surface area contributed by atoms with Gasteiger partial charge in [0.25, 0.3) is 0 Å². The molecular weight excluding hydrogens is 121 g/mol. The molecule has 0 spiro atoms. The summed E-state index contributed by atoms with van der Waals surface area (Å²) in [5.74, 6) is 0.148. The smallest absolute Gasteiger partial charge is 0.0898 e. The number of β-amino-alcohol motifs (C(OH)–C–C–N with tert-alkyl or cyclic N) is 1. The minimum Gasteiger partial charge on any atom is -0.391 e. The Hall–Kier alpha value is -0.150. The van der Waals surface area contributed by atoms with Gasteiger partial charge in [0.2, 0.25) is 0 Å². The van der Waals surface area contributed by atoms with Crippen molar-refractivity contribution in [2.45, 2.75) is 12.5 Å². The van der Waals surface area contributed by atoms with Gasteiger partial charge in [-0.05, 0) is 6.42 Å². The molecule has 0 aromatic heterocycles. The van der Waals surface area contributed by atoms with Crippen molar-refractivity contribution in [3.8, 4) is 0 Å². The number of aliphatic hydroxyl groups excluding tert-OH is 1. The summed E-state index contributed by atoms with van der Waals surface area (Å²) in [6.07, 6.45) is 0.175. The van der Waals surface area contributed by atoms with Crippen molar-refractivity contribution in [2.24, 2.45) is 5.92 Å². The first-order valence-electron chi connectivity index (χ1n) is 3.29. The topological polar surface area (TPSA) is 32.3 Å². The van der Waals surface area contributed by atoms with E-state index in [0.29, 0.717) is 13.0 Å². The number of rotatable bonds is 2. The minimum atomic E-state index is -0.319. The van der Waals surface area contributed by atoms with Gasteiger partial charge in [-0.2, -0.15) is 0 Å². The molecule has 9 heavy (non-hydrogen) atoms. The fourth-order valence-corrected chi connectivity index (χ4v) is 1.15. The maximum atomic E-state index is 11.7. The van der Waals surface area contributed by atoms with E-state index in [9.17, 15) is 4.39 Å². The van der Waals surface area contributed by atoms with Gasteiger partial charge in [0.05, 0.1) is 12.8 Å².